The number of benzene rings is 2. The smallest absolute Gasteiger partial charge is 0.319 e. The standard InChI is InChI=1S/C25H26N4O2/c30-24-14-20(18-29(24)17-19-8-2-1-3-9-19)16-27-25(31)28-23-12-5-4-10-21(23)15-22-11-6-7-13-26-22/h1-13,20H,14-18H2,(H2,27,28,31). The van der Waals surface area contributed by atoms with Crippen LogP contribution in [-0.2, 0) is 17.8 Å². The molecule has 1 aliphatic rings. The van der Waals surface area contributed by atoms with Gasteiger partial charge >= 0.3 is 6.03 Å². The van der Waals surface area contributed by atoms with Crippen LogP contribution < -0.4 is 10.6 Å². The number of amides is 3. The molecule has 2 N–H and O–H groups in total. The molecule has 4 rings (SSSR count). The summed E-state index contributed by atoms with van der Waals surface area (Å²) < 4.78 is 0. The van der Waals surface area contributed by atoms with Gasteiger partial charge in [0.15, 0.2) is 0 Å². The highest BCUT2D eigenvalue weighted by atomic mass is 16.2. The summed E-state index contributed by atoms with van der Waals surface area (Å²) in [6.07, 6.45) is 2.87. The summed E-state index contributed by atoms with van der Waals surface area (Å²) in [6, 6.07) is 23.2. The van der Waals surface area contributed by atoms with E-state index in [0.29, 0.717) is 32.5 Å². The van der Waals surface area contributed by atoms with Crippen LogP contribution in [0.3, 0.4) is 0 Å². The van der Waals surface area contributed by atoms with Gasteiger partial charge in [-0.05, 0) is 29.3 Å². The van der Waals surface area contributed by atoms with Gasteiger partial charge in [-0.25, -0.2) is 4.79 Å². The van der Waals surface area contributed by atoms with E-state index in [9.17, 15) is 9.59 Å². The fourth-order valence-electron chi connectivity index (χ4n) is 3.85. The topological polar surface area (TPSA) is 74.3 Å². The number of anilines is 1. The third-order valence-corrected chi connectivity index (χ3v) is 5.43. The predicted octanol–water partition coefficient (Wildman–Crippen LogP) is 3.84. The molecule has 158 valence electrons. The third kappa shape index (κ3) is 5.69. The Bertz CT molecular complexity index is 1020. The Morgan fingerprint density at radius 3 is 2.58 bits per heavy atom. The second-order valence-electron chi connectivity index (χ2n) is 7.82. The number of likely N-dealkylation sites (tertiary alicyclic amines) is 1. The van der Waals surface area contributed by atoms with Gasteiger partial charge in [0, 0.05) is 56.0 Å². The molecule has 0 aliphatic carbocycles. The molecule has 1 aromatic heterocycles. The van der Waals surface area contributed by atoms with Crippen molar-refractivity contribution in [2.45, 2.75) is 19.4 Å². The zero-order valence-electron chi connectivity index (χ0n) is 17.3. The van der Waals surface area contributed by atoms with Crippen molar-refractivity contribution in [3.05, 3.63) is 95.8 Å². The Morgan fingerprint density at radius 1 is 1.00 bits per heavy atom. The van der Waals surface area contributed by atoms with Crippen LogP contribution in [0.2, 0.25) is 0 Å². The predicted molar refractivity (Wildman–Crippen MR) is 120 cm³/mol. The van der Waals surface area contributed by atoms with Gasteiger partial charge in [0.05, 0.1) is 0 Å². The zero-order valence-corrected chi connectivity index (χ0v) is 17.3. The van der Waals surface area contributed by atoms with Crippen LogP contribution >= 0.6 is 0 Å². The van der Waals surface area contributed by atoms with E-state index in [-0.39, 0.29) is 17.9 Å². The van der Waals surface area contributed by atoms with E-state index >= 15 is 0 Å². The van der Waals surface area contributed by atoms with Crippen LogP contribution in [0.15, 0.2) is 79.0 Å². The number of aromatic nitrogens is 1. The number of nitrogens with one attached hydrogen (secondary N) is 2. The highest BCUT2D eigenvalue weighted by molar-refractivity contribution is 5.90. The molecule has 0 spiro atoms. The molecule has 1 unspecified atom stereocenters. The van der Waals surface area contributed by atoms with E-state index < -0.39 is 0 Å². The summed E-state index contributed by atoms with van der Waals surface area (Å²) in [5.74, 6) is 0.252. The molecule has 1 fully saturated rings. The minimum Gasteiger partial charge on any atom is -0.338 e. The molecule has 0 saturated carbocycles. The van der Waals surface area contributed by atoms with E-state index in [1.54, 1.807) is 6.20 Å². The van der Waals surface area contributed by atoms with Crippen LogP contribution in [-0.4, -0.2) is 34.9 Å². The normalized spacial score (nSPS) is 15.7. The minimum absolute atomic E-state index is 0.116. The molecular formula is C25H26N4O2. The molecule has 2 aromatic carbocycles. The van der Waals surface area contributed by atoms with Gasteiger partial charge in [-0.3, -0.25) is 9.78 Å². The first kappa shape index (κ1) is 20.6. The number of hydrogen-bond donors (Lipinski definition) is 2. The van der Waals surface area contributed by atoms with E-state index in [0.717, 1.165) is 22.5 Å². The van der Waals surface area contributed by atoms with Gasteiger partial charge in [0.2, 0.25) is 5.91 Å². The van der Waals surface area contributed by atoms with Gasteiger partial charge in [0.1, 0.15) is 0 Å². The fraction of sp³-hybridized carbons (Fsp3) is 0.240. The number of nitrogens with zero attached hydrogens (tertiary/aromatic N) is 2. The van der Waals surface area contributed by atoms with Crippen LogP contribution in [0, 0.1) is 5.92 Å². The molecule has 3 amide bonds. The van der Waals surface area contributed by atoms with Gasteiger partial charge in [-0.2, -0.15) is 0 Å². The number of pyridine rings is 1. The quantitative estimate of drug-likeness (QED) is 0.617. The third-order valence-electron chi connectivity index (χ3n) is 5.43. The lowest BCUT2D eigenvalue weighted by atomic mass is 10.1. The van der Waals surface area contributed by atoms with Crippen LogP contribution in [0.25, 0.3) is 0 Å². The van der Waals surface area contributed by atoms with Crippen molar-refractivity contribution in [1.29, 1.82) is 0 Å². The van der Waals surface area contributed by atoms with E-state index in [2.05, 4.69) is 15.6 Å². The van der Waals surface area contributed by atoms with Gasteiger partial charge < -0.3 is 15.5 Å². The first-order valence-corrected chi connectivity index (χ1v) is 10.5. The highest BCUT2D eigenvalue weighted by Crippen LogP contribution is 2.20. The van der Waals surface area contributed by atoms with Crippen molar-refractivity contribution in [2.24, 2.45) is 5.92 Å². The molecule has 6 heteroatoms. The molecule has 1 aliphatic heterocycles. The maximum atomic E-state index is 12.5. The number of urea groups is 1. The first-order valence-electron chi connectivity index (χ1n) is 10.5. The zero-order chi connectivity index (χ0) is 21.5. The van der Waals surface area contributed by atoms with Crippen molar-refractivity contribution in [3.63, 3.8) is 0 Å². The lowest BCUT2D eigenvalue weighted by Gasteiger charge is -2.17. The summed E-state index contributed by atoms with van der Waals surface area (Å²) in [7, 11) is 0. The Hall–Kier alpha value is -3.67. The molecule has 31 heavy (non-hydrogen) atoms. The first-order chi connectivity index (χ1) is 15.2. The molecule has 1 saturated heterocycles. The lowest BCUT2D eigenvalue weighted by Crippen LogP contribution is -2.34. The van der Waals surface area contributed by atoms with E-state index in [1.165, 1.54) is 0 Å². The Labute approximate surface area is 182 Å². The molecule has 0 radical (unpaired) electrons. The largest absolute Gasteiger partial charge is 0.338 e. The summed E-state index contributed by atoms with van der Waals surface area (Å²) in [4.78, 5) is 31.1. The Balaban J connectivity index is 1.29. The Morgan fingerprint density at radius 2 is 1.77 bits per heavy atom. The number of para-hydroxylation sites is 1. The summed E-state index contributed by atoms with van der Waals surface area (Å²) >= 11 is 0. The van der Waals surface area contributed by atoms with Crippen molar-refractivity contribution >= 4 is 17.6 Å². The van der Waals surface area contributed by atoms with Gasteiger partial charge in [0.25, 0.3) is 0 Å². The van der Waals surface area contributed by atoms with Crippen molar-refractivity contribution in [2.75, 3.05) is 18.4 Å². The van der Waals surface area contributed by atoms with Crippen LogP contribution in [0.4, 0.5) is 10.5 Å². The summed E-state index contributed by atoms with van der Waals surface area (Å²) in [5.41, 5.74) is 3.83. The molecular weight excluding hydrogens is 388 g/mol. The monoisotopic (exact) mass is 414 g/mol. The van der Waals surface area contributed by atoms with Crippen molar-refractivity contribution < 1.29 is 9.59 Å². The molecule has 1 atom stereocenters. The number of rotatable bonds is 7. The summed E-state index contributed by atoms with van der Waals surface area (Å²) in [6.45, 7) is 1.73. The Kier molecular flexibility index (Phi) is 6.57. The highest BCUT2D eigenvalue weighted by Gasteiger charge is 2.29. The summed E-state index contributed by atoms with van der Waals surface area (Å²) in [5, 5.41) is 5.87. The molecule has 2 heterocycles. The molecule has 3 aromatic rings. The average molecular weight is 415 g/mol. The van der Waals surface area contributed by atoms with Gasteiger partial charge in [-0.1, -0.05) is 54.6 Å². The molecule has 6 nitrogen and oxygen atoms in total. The van der Waals surface area contributed by atoms with Crippen LogP contribution in [0.5, 0.6) is 0 Å². The van der Waals surface area contributed by atoms with Crippen LogP contribution in [0.1, 0.15) is 23.2 Å². The maximum Gasteiger partial charge on any atom is 0.319 e. The minimum atomic E-state index is -0.262. The second kappa shape index (κ2) is 9.89. The number of carbonyl (C=O) groups excluding carboxylic acids is 2. The van der Waals surface area contributed by atoms with Crippen molar-refractivity contribution in [1.82, 2.24) is 15.2 Å². The molecule has 0 bridgehead atoms. The number of carbonyl (C=O) groups is 2. The van der Waals surface area contributed by atoms with E-state index in [1.807, 2.05) is 77.7 Å². The lowest BCUT2D eigenvalue weighted by molar-refractivity contribution is -0.128. The average Bonchev–Trinajstić information content (AvgIpc) is 3.14. The fourth-order valence-corrected chi connectivity index (χ4v) is 3.85. The SMILES string of the molecule is O=C(NCC1CC(=O)N(Cc2ccccc2)C1)Nc1ccccc1Cc1ccccn1. The van der Waals surface area contributed by atoms with E-state index in [4.69, 9.17) is 0 Å². The number of hydrogen-bond acceptors (Lipinski definition) is 3. The second-order valence-corrected chi connectivity index (χ2v) is 7.82. The maximum absolute atomic E-state index is 12.5. The van der Waals surface area contributed by atoms with Crippen molar-refractivity contribution in [3.8, 4) is 0 Å². The van der Waals surface area contributed by atoms with Gasteiger partial charge in [-0.15, -0.1) is 0 Å².